The Morgan fingerprint density at radius 1 is 1.20 bits per heavy atom. The van der Waals surface area contributed by atoms with Crippen molar-refractivity contribution in [3.05, 3.63) is 0 Å². The van der Waals surface area contributed by atoms with E-state index in [0.29, 0.717) is 18.9 Å². The van der Waals surface area contributed by atoms with Crippen LogP contribution in [0.3, 0.4) is 0 Å². The molecule has 0 radical (unpaired) electrons. The quantitative estimate of drug-likeness (QED) is 0.846. The Hall–Kier alpha value is -1.06. The predicted octanol–water partition coefficient (Wildman–Crippen LogP) is 2.91. The van der Waals surface area contributed by atoms with E-state index in [-0.39, 0.29) is 17.2 Å². The van der Waals surface area contributed by atoms with Gasteiger partial charge in [-0.25, -0.2) is 4.79 Å². The fourth-order valence-electron chi connectivity index (χ4n) is 4.29. The molecule has 114 valence electrons. The number of nitrogens with zero attached hydrogens (tertiary/aromatic N) is 1. The molecular formula is C16H27NO3. The van der Waals surface area contributed by atoms with Crippen molar-refractivity contribution in [2.75, 3.05) is 6.54 Å². The molecule has 1 saturated carbocycles. The lowest BCUT2D eigenvalue weighted by molar-refractivity contribution is -0.158. The average Bonchev–Trinajstić information content (AvgIpc) is 2.69. The SMILES string of the molecule is CC1CC(C(=O)N2CCCC2(C)C(=O)O)CC(C)(C)C1. The predicted molar refractivity (Wildman–Crippen MR) is 77.3 cm³/mol. The number of hydrogen-bond donors (Lipinski definition) is 1. The van der Waals surface area contributed by atoms with Crippen LogP contribution in [0.25, 0.3) is 0 Å². The second kappa shape index (κ2) is 5.05. The molecule has 0 aromatic rings. The van der Waals surface area contributed by atoms with Crippen molar-refractivity contribution >= 4 is 11.9 Å². The van der Waals surface area contributed by atoms with E-state index in [4.69, 9.17) is 0 Å². The third kappa shape index (κ3) is 2.70. The highest BCUT2D eigenvalue weighted by atomic mass is 16.4. The van der Waals surface area contributed by atoms with Gasteiger partial charge in [0.25, 0.3) is 0 Å². The summed E-state index contributed by atoms with van der Waals surface area (Å²) in [5.41, 5.74) is -0.820. The van der Waals surface area contributed by atoms with E-state index in [1.807, 2.05) is 0 Å². The maximum absolute atomic E-state index is 12.8. The number of hydrogen-bond acceptors (Lipinski definition) is 2. The van der Waals surface area contributed by atoms with Crippen molar-refractivity contribution in [2.24, 2.45) is 17.3 Å². The van der Waals surface area contributed by atoms with Crippen LogP contribution in [-0.2, 0) is 9.59 Å². The summed E-state index contributed by atoms with van der Waals surface area (Å²) in [4.78, 5) is 26.0. The molecule has 2 aliphatic rings. The fourth-order valence-corrected chi connectivity index (χ4v) is 4.29. The zero-order chi connectivity index (χ0) is 15.1. The van der Waals surface area contributed by atoms with E-state index < -0.39 is 11.5 Å². The molecule has 1 aliphatic heterocycles. The molecule has 0 spiro atoms. The standard InChI is InChI=1S/C16H27NO3/c1-11-8-12(10-15(2,3)9-11)13(18)17-7-5-6-16(17,4)14(19)20/h11-12H,5-10H2,1-4H3,(H,19,20). The van der Waals surface area contributed by atoms with Crippen LogP contribution >= 0.6 is 0 Å². The number of carbonyl (C=O) groups is 2. The number of carboxylic acid groups (broad SMARTS) is 1. The van der Waals surface area contributed by atoms with Crippen LogP contribution in [-0.4, -0.2) is 34.0 Å². The molecule has 0 aromatic heterocycles. The summed E-state index contributed by atoms with van der Waals surface area (Å²) in [5.74, 6) is -0.282. The van der Waals surface area contributed by atoms with Gasteiger partial charge in [-0.2, -0.15) is 0 Å². The van der Waals surface area contributed by atoms with E-state index in [1.165, 1.54) is 0 Å². The molecule has 2 fully saturated rings. The normalized spacial score (nSPS) is 36.9. The van der Waals surface area contributed by atoms with Gasteiger partial charge in [0, 0.05) is 12.5 Å². The third-order valence-corrected chi connectivity index (χ3v) is 5.10. The third-order valence-electron chi connectivity index (χ3n) is 5.10. The number of carbonyl (C=O) groups excluding carboxylic acids is 1. The lowest BCUT2D eigenvalue weighted by atomic mass is 9.67. The van der Waals surface area contributed by atoms with Crippen molar-refractivity contribution in [1.82, 2.24) is 4.90 Å². The minimum atomic E-state index is -0.998. The second-order valence-corrected chi connectivity index (χ2v) is 7.78. The summed E-state index contributed by atoms with van der Waals surface area (Å²) in [6.07, 6.45) is 4.28. The van der Waals surface area contributed by atoms with Gasteiger partial charge in [0.15, 0.2) is 0 Å². The molecule has 3 unspecified atom stereocenters. The molecule has 1 saturated heterocycles. The first kappa shape index (κ1) is 15.3. The molecule has 20 heavy (non-hydrogen) atoms. The summed E-state index contributed by atoms with van der Waals surface area (Å²) in [6.45, 7) is 8.90. The zero-order valence-electron chi connectivity index (χ0n) is 13.1. The van der Waals surface area contributed by atoms with Crippen LogP contribution in [0.2, 0.25) is 0 Å². The number of aliphatic carboxylic acids is 1. The zero-order valence-corrected chi connectivity index (χ0v) is 13.1. The van der Waals surface area contributed by atoms with Gasteiger partial charge in [0.2, 0.25) is 5.91 Å². The minimum absolute atomic E-state index is 0.00877. The average molecular weight is 281 g/mol. The monoisotopic (exact) mass is 281 g/mol. The van der Waals surface area contributed by atoms with Crippen LogP contribution < -0.4 is 0 Å². The van der Waals surface area contributed by atoms with Crippen molar-refractivity contribution in [1.29, 1.82) is 0 Å². The first-order chi connectivity index (χ1) is 9.16. The molecule has 4 heteroatoms. The lowest BCUT2D eigenvalue weighted by Crippen LogP contribution is -2.53. The summed E-state index contributed by atoms with van der Waals surface area (Å²) in [6, 6.07) is 0. The molecule has 0 aromatic carbocycles. The smallest absolute Gasteiger partial charge is 0.329 e. The highest BCUT2D eigenvalue weighted by Crippen LogP contribution is 2.43. The van der Waals surface area contributed by atoms with Gasteiger partial charge in [0.05, 0.1) is 0 Å². The highest BCUT2D eigenvalue weighted by Gasteiger charge is 2.48. The summed E-state index contributed by atoms with van der Waals surface area (Å²) >= 11 is 0. The minimum Gasteiger partial charge on any atom is -0.480 e. The Balaban J connectivity index is 2.17. The van der Waals surface area contributed by atoms with Crippen LogP contribution in [0, 0.1) is 17.3 Å². The molecule has 2 rings (SSSR count). The molecule has 1 amide bonds. The van der Waals surface area contributed by atoms with E-state index in [0.717, 1.165) is 25.7 Å². The Kier molecular flexibility index (Phi) is 3.87. The summed E-state index contributed by atoms with van der Waals surface area (Å²) in [5, 5.41) is 9.45. The van der Waals surface area contributed by atoms with Crippen molar-refractivity contribution in [2.45, 2.75) is 65.3 Å². The Morgan fingerprint density at radius 3 is 2.40 bits per heavy atom. The molecule has 3 atom stereocenters. The van der Waals surface area contributed by atoms with Crippen molar-refractivity contribution in [3.63, 3.8) is 0 Å². The van der Waals surface area contributed by atoms with E-state index in [1.54, 1.807) is 11.8 Å². The number of carboxylic acids is 1. The summed E-state index contributed by atoms with van der Waals surface area (Å²) < 4.78 is 0. The molecule has 1 aliphatic carbocycles. The van der Waals surface area contributed by atoms with Gasteiger partial charge in [-0.3, -0.25) is 4.79 Å². The van der Waals surface area contributed by atoms with Gasteiger partial charge in [0.1, 0.15) is 5.54 Å². The number of amides is 1. The first-order valence-electron chi connectivity index (χ1n) is 7.70. The van der Waals surface area contributed by atoms with Crippen LogP contribution in [0.4, 0.5) is 0 Å². The molecule has 1 N–H and O–H groups in total. The van der Waals surface area contributed by atoms with E-state index in [2.05, 4.69) is 20.8 Å². The molecule has 1 heterocycles. The maximum atomic E-state index is 12.8. The Bertz CT molecular complexity index is 418. The number of likely N-dealkylation sites (tertiary alicyclic amines) is 1. The van der Waals surface area contributed by atoms with Crippen LogP contribution in [0.1, 0.15) is 59.8 Å². The summed E-state index contributed by atoms with van der Waals surface area (Å²) in [7, 11) is 0. The highest BCUT2D eigenvalue weighted by molar-refractivity contribution is 5.88. The van der Waals surface area contributed by atoms with Crippen LogP contribution in [0.15, 0.2) is 0 Å². The maximum Gasteiger partial charge on any atom is 0.329 e. The molecule has 4 nitrogen and oxygen atoms in total. The van der Waals surface area contributed by atoms with E-state index in [9.17, 15) is 14.7 Å². The Labute approximate surface area is 121 Å². The molecule has 0 bridgehead atoms. The second-order valence-electron chi connectivity index (χ2n) is 7.78. The van der Waals surface area contributed by atoms with Gasteiger partial charge in [-0.1, -0.05) is 20.8 Å². The van der Waals surface area contributed by atoms with Gasteiger partial charge >= 0.3 is 5.97 Å². The van der Waals surface area contributed by atoms with Crippen molar-refractivity contribution in [3.8, 4) is 0 Å². The van der Waals surface area contributed by atoms with Crippen molar-refractivity contribution < 1.29 is 14.7 Å². The Morgan fingerprint density at radius 2 is 1.85 bits per heavy atom. The van der Waals surface area contributed by atoms with Gasteiger partial charge in [-0.05, 0) is 50.4 Å². The van der Waals surface area contributed by atoms with Gasteiger partial charge < -0.3 is 10.0 Å². The lowest BCUT2D eigenvalue weighted by Gasteiger charge is -2.41. The first-order valence-corrected chi connectivity index (χ1v) is 7.70. The number of rotatable bonds is 2. The fraction of sp³-hybridized carbons (Fsp3) is 0.875. The van der Waals surface area contributed by atoms with E-state index >= 15 is 0 Å². The topological polar surface area (TPSA) is 57.6 Å². The largest absolute Gasteiger partial charge is 0.480 e. The van der Waals surface area contributed by atoms with Crippen LogP contribution in [0.5, 0.6) is 0 Å². The molecular weight excluding hydrogens is 254 g/mol. The van der Waals surface area contributed by atoms with Gasteiger partial charge in [-0.15, -0.1) is 0 Å².